The van der Waals surface area contributed by atoms with Crippen molar-refractivity contribution in [1.82, 2.24) is 0 Å². The molecule has 0 heterocycles. The zero-order chi connectivity index (χ0) is 19.2. The van der Waals surface area contributed by atoms with Crippen LogP contribution in [-0.2, 0) is 19.4 Å². The van der Waals surface area contributed by atoms with Crippen LogP contribution in [0.2, 0.25) is 0 Å². The molecular weight excluding hydrogens is 346 g/mol. The Hall–Kier alpha value is -2.22. The lowest BCUT2D eigenvalue weighted by molar-refractivity contribution is -0.387. The first-order chi connectivity index (χ1) is 11.6. The Labute approximate surface area is 147 Å². The third-order valence-electron chi connectivity index (χ3n) is 3.70. The van der Waals surface area contributed by atoms with Crippen molar-refractivity contribution >= 4 is 21.5 Å². The first-order valence-electron chi connectivity index (χ1n) is 7.84. The van der Waals surface area contributed by atoms with E-state index in [4.69, 9.17) is 4.74 Å². The number of rotatable bonds is 8. The first kappa shape index (κ1) is 20.8. The molecule has 0 aliphatic rings. The highest BCUT2D eigenvalue weighted by Gasteiger charge is 2.29. The third kappa shape index (κ3) is 5.38. The summed E-state index contributed by atoms with van der Waals surface area (Å²) in [5.74, 6) is -0.787. The normalized spacial score (nSPS) is 14.4. The summed E-state index contributed by atoms with van der Waals surface area (Å²) < 4.78 is 30.1. The van der Waals surface area contributed by atoms with Crippen molar-refractivity contribution in [2.45, 2.75) is 37.3 Å². The maximum absolute atomic E-state index is 12.7. The standard InChI is InChI=1S/C17H23NO6S/c1-12(2)11-14(17(19)24-4)10-9-13(3)25(22,23)16-8-6-5-7-15(16)18(20)21/h5-10,12-14H,11H2,1-4H3/t13-,14-/m0/s1. The number of sulfone groups is 1. The van der Waals surface area contributed by atoms with Crippen LogP contribution >= 0.6 is 0 Å². The minimum Gasteiger partial charge on any atom is -0.469 e. The van der Waals surface area contributed by atoms with Gasteiger partial charge in [-0.3, -0.25) is 14.9 Å². The number of benzene rings is 1. The summed E-state index contributed by atoms with van der Waals surface area (Å²) in [6.45, 7) is 5.31. The first-order valence-corrected chi connectivity index (χ1v) is 9.39. The molecule has 25 heavy (non-hydrogen) atoms. The van der Waals surface area contributed by atoms with E-state index in [1.807, 2.05) is 13.8 Å². The van der Waals surface area contributed by atoms with E-state index in [9.17, 15) is 23.3 Å². The fourth-order valence-corrected chi connectivity index (χ4v) is 3.76. The summed E-state index contributed by atoms with van der Waals surface area (Å²) in [6.07, 6.45) is 3.40. The monoisotopic (exact) mass is 369 g/mol. The highest BCUT2D eigenvalue weighted by molar-refractivity contribution is 7.92. The van der Waals surface area contributed by atoms with Gasteiger partial charge in [-0.2, -0.15) is 0 Å². The van der Waals surface area contributed by atoms with Gasteiger partial charge in [0.15, 0.2) is 9.84 Å². The SMILES string of the molecule is COC(=O)[C@@H](C=C[C@H](C)S(=O)(=O)c1ccccc1[N+](=O)[O-])CC(C)C. The molecule has 0 aromatic heterocycles. The molecule has 0 bridgehead atoms. The highest BCUT2D eigenvalue weighted by Crippen LogP contribution is 2.27. The van der Waals surface area contributed by atoms with Gasteiger partial charge >= 0.3 is 5.97 Å². The van der Waals surface area contributed by atoms with Crippen LogP contribution in [-0.4, -0.2) is 31.7 Å². The van der Waals surface area contributed by atoms with Crippen LogP contribution in [0, 0.1) is 22.0 Å². The number of hydrogen-bond acceptors (Lipinski definition) is 6. The summed E-state index contributed by atoms with van der Waals surface area (Å²) in [6, 6.07) is 5.21. The van der Waals surface area contributed by atoms with Crippen LogP contribution in [0.15, 0.2) is 41.3 Å². The molecule has 0 saturated carbocycles. The van der Waals surface area contributed by atoms with E-state index < -0.39 is 37.6 Å². The minimum atomic E-state index is -3.95. The largest absolute Gasteiger partial charge is 0.469 e. The van der Waals surface area contributed by atoms with Crippen molar-refractivity contribution in [3.05, 3.63) is 46.5 Å². The number of nitrogens with zero attached hydrogens (tertiary/aromatic N) is 1. The van der Waals surface area contributed by atoms with Gasteiger partial charge < -0.3 is 4.74 Å². The number of ether oxygens (including phenoxy) is 1. The van der Waals surface area contributed by atoms with Crippen molar-refractivity contribution in [2.24, 2.45) is 11.8 Å². The smallest absolute Gasteiger partial charge is 0.312 e. The predicted molar refractivity (Wildman–Crippen MR) is 93.8 cm³/mol. The lowest BCUT2D eigenvalue weighted by Gasteiger charge is -2.14. The highest BCUT2D eigenvalue weighted by atomic mass is 32.2. The van der Waals surface area contributed by atoms with E-state index in [2.05, 4.69) is 0 Å². The molecular formula is C17H23NO6S. The molecule has 138 valence electrons. The third-order valence-corrected chi connectivity index (χ3v) is 5.80. The fourth-order valence-electron chi connectivity index (χ4n) is 2.36. The second-order valence-electron chi connectivity index (χ2n) is 6.12. The second-order valence-corrected chi connectivity index (χ2v) is 8.39. The molecule has 0 radical (unpaired) electrons. The Morgan fingerprint density at radius 3 is 2.36 bits per heavy atom. The van der Waals surface area contributed by atoms with Crippen molar-refractivity contribution < 1.29 is 22.9 Å². The van der Waals surface area contributed by atoms with Crippen LogP contribution in [0.5, 0.6) is 0 Å². The Morgan fingerprint density at radius 2 is 1.84 bits per heavy atom. The molecule has 1 aromatic rings. The average molecular weight is 369 g/mol. The lowest BCUT2D eigenvalue weighted by Crippen LogP contribution is -2.20. The maximum Gasteiger partial charge on any atom is 0.312 e. The number of carbonyl (C=O) groups excluding carboxylic acids is 1. The molecule has 1 rings (SSSR count). The molecule has 0 saturated heterocycles. The van der Waals surface area contributed by atoms with Crippen molar-refractivity contribution in [3.8, 4) is 0 Å². The van der Waals surface area contributed by atoms with Gasteiger partial charge in [0, 0.05) is 6.07 Å². The molecule has 0 fully saturated rings. The molecule has 0 N–H and O–H groups in total. The van der Waals surface area contributed by atoms with Gasteiger partial charge in [-0.05, 0) is 25.3 Å². The number of methoxy groups -OCH3 is 1. The maximum atomic E-state index is 12.7. The quantitative estimate of drug-likeness (QED) is 0.302. The Balaban J connectivity index is 3.14. The Morgan fingerprint density at radius 1 is 1.24 bits per heavy atom. The van der Waals surface area contributed by atoms with Crippen LogP contribution < -0.4 is 0 Å². The number of para-hydroxylation sites is 1. The Bertz CT molecular complexity index is 754. The summed E-state index contributed by atoms with van der Waals surface area (Å²) in [5.41, 5.74) is -0.463. The van der Waals surface area contributed by atoms with E-state index in [1.54, 1.807) is 0 Å². The van der Waals surface area contributed by atoms with Crippen LogP contribution in [0.4, 0.5) is 5.69 Å². The van der Waals surface area contributed by atoms with Crippen LogP contribution in [0.25, 0.3) is 0 Å². The minimum absolute atomic E-state index is 0.218. The van der Waals surface area contributed by atoms with E-state index in [1.165, 1.54) is 44.4 Å². The number of carbonyl (C=O) groups is 1. The second kappa shape index (κ2) is 8.75. The zero-order valence-corrected chi connectivity index (χ0v) is 15.5. The number of nitro benzene ring substituents is 1. The molecule has 7 nitrogen and oxygen atoms in total. The van der Waals surface area contributed by atoms with Gasteiger partial charge in [0.05, 0.1) is 23.2 Å². The zero-order valence-electron chi connectivity index (χ0n) is 14.7. The van der Waals surface area contributed by atoms with Gasteiger partial charge in [-0.1, -0.05) is 38.1 Å². The van der Waals surface area contributed by atoms with Gasteiger partial charge in [0.1, 0.15) is 4.90 Å². The number of hydrogen-bond donors (Lipinski definition) is 0. The summed E-state index contributed by atoms with van der Waals surface area (Å²) in [5, 5.41) is 10.0. The molecule has 0 aliphatic carbocycles. The number of nitro groups is 1. The average Bonchev–Trinajstić information content (AvgIpc) is 2.56. The van der Waals surface area contributed by atoms with E-state index in [0.29, 0.717) is 6.42 Å². The van der Waals surface area contributed by atoms with E-state index in [-0.39, 0.29) is 10.8 Å². The Kier molecular flexibility index (Phi) is 7.29. The van der Waals surface area contributed by atoms with Gasteiger partial charge in [-0.15, -0.1) is 0 Å². The van der Waals surface area contributed by atoms with Crippen molar-refractivity contribution in [1.29, 1.82) is 0 Å². The fraction of sp³-hybridized carbons (Fsp3) is 0.471. The molecule has 8 heteroatoms. The summed E-state index contributed by atoms with van der Waals surface area (Å²) in [7, 11) is -2.68. The van der Waals surface area contributed by atoms with Crippen molar-refractivity contribution in [3.63, 3.8) is 0 Å². The lowest BCUT2D eigenvalue weighted by atomic mass is 9.96. The van der Waals surface area contributed by atoms with Gasteiger partial charge in [0.2, 0.25) is 0 Å². The predicted octanol–water partition coefficient (Wildman–Crippen LogP) is 3.15. The van der Waals surface area contributed by atoms with Crippen LogP contribution in [0.1, 0.15) is 27.2 Å². The number of esters is 1. The molecule has 0 aliphatic heterocycles. The molecule has 0 unspecified atom stereocenters. The van der Waals surface area contributed by atoms with Crippen molar-refractivity contribution in [2.75, 3.05) is 7.11 Å². The van der Waals surface area contributed by atoms with E-state index in [0.717, 1.165) is 6.07 Å². The topological polar surface area (TPSA) is 104 Å². The van der Waals surface area contributed by atoms with E-state index >= 15 is 0 Å². The molecule has 0 spiro atoms. The van der Waals surface area contributed by atoms with Crippen LogP contribution in [0.3, 0.4) is 0 Å². The van der Waals surface area contributed by atoms with Gasteiger partial charge in [-0.25, -0.2) is 8.42 Å². The molecule has 1 aromatic carbocycles. The summed E-state index contributed by atoms with van der Waals surface area (Å²) in [4.78, 5) is 21.8. The molecule has 0 amide bonds. The van der Waals surface area contributed by atoms with Gasteiger partial charge in [0.25, 0.3) is 5.69 Å². The summed E-state index contributed by atoms with van der Waals surface area (Å²) >= 11 is 0. The molecule has 2 atom stereocenters.